The lowest BCUT2D eigenvalue weighted by atomic mass is 10.0. The molecule has 0 unspecified atom stereocenters. The number of hydrogen-bond acceptors (Lipinski definition) is 1. The number of rotatable bonds is 10. The molecule has 0 saturated heterocycles. The second-order valence-electron chi connectivity index (χ2n) is 5.09. The normalized spacial score (nSPS) is 10.8. The molecule has 0 spiro atoms. The van der Waals surface area contributed by atoms with Crippen molar-refractivity contribution >= 4 is 0 Å². The van der Waals surface area contributed by atoms with Crippen LogP contribution in [0.1, 0.15) is 70.3 Å². The molecule has 0 bridgehead atoms. The summed E-state index contributed by atoms with van der Waals surface area (Å²) in [6.45, 7) is 2.25. The first-order valence-corrected chi connectivity index (χ1v) is 7.42. The van der Waals surface area contributed by atoms with Gasteiger partial charge in [-0.25, -0.2) is 4.39 Å². The summed E-state index contributed by atoms with van der Waals surface area (Å²) in [6, 6.07) is 1.59. The summed E-state index contributed by atoms with van der Waals surface area (Å²) in [6.07, 6.45) is 15.9. The zero-order valence-corrected chi connectivity index (χ0v) is 11.6. The molecule has 0 aliphatic rings. The molecule has 0 amide bonds. The van der Waals surface area contributed by atoms with Gasteiger partial charge < -0.3 is 0 Å². The smallest absolute Gasteiger partial charge is 0.141 e. The summed E-state index contributed by atoms with van der Waals surface area (Å²) in [5.41, 5.74) is 1.03. The summed E-state index contributed by atoms with van der Waals surface area (Å²) in [4.78, 5) is 3.87. The zero-order valence-electron chi connectivity index (χ0n) is 11.6. The third-order valence-electron chi connectivity index (χ3n) is 3.33. The van der Waals surface area contributed by atoms with Crippen molar-refractivity contribution in [2.24, 2.45) is 0 Å². The number of aryl methyl sites for hydroxylation is 1. The first kappa shape index (κ1) is 15.1. The standard InChI is InChI=1S/C16H26FN/c1-2-3-4-5-6-7-8-9-10-11-15-12-16(17)14-18-13-15/h12-14H,2-11H2,1H3. The molecule has 1 aromatic rings. The van der Waals surface area contributed by atoms with Gasteiger partial charge in [0.15, 0.2) is 0 Å². The number of hydrogen-bond donors (Lipinski definition) is 0. The van der Waals surface area contributed by atoms with E-state index < -0.39 is 0 Å². The van der Waals surface area contributed by atoms with Crippen molar-refractivity contribution in [3.8, 4) is 0 Å². The van der Waals surface area contributed by atoms with Crippen LogP contribution < -0.4 is 0 Å². The van der Waals surface area contributed by atoms with Crippen LogP contribution in [0.2, 0.25) is 0 Å². The van der Waals surface area contributed by atoms with Crippen molar-refractivity contribution in [3.05, 3.63) is 29.8 Å². The van der Waals surface area contributed by atoms with E-state index in [2.05, 4.69) is 11.9 Å². The average molecular weight is 251 g/mol. The molecule has 0 N–H and O–H groups in total. The second-order valence-corrected chi connectivity index (χ2v) is 5.09. The van der Waals surface area contributed by atoms with Gasteiger partial charge in [0.1, 0.15) is 5.82 Å². The van der Waals surface area contributed by atoms with Gasteiger partial charge >= 0.3 is 0 Å². The van der Waals surface area contributed by atoms with Crippen LogP contribution in [0.25, 0.3) is 0 Å². The molecule has 0 aliphatic heterocycles. The van der Waals surface area contributed by atoms with Crippen LogP contribution in [0.15, 0.2) is 18.5 Å². The predicted octanol–water partition coefficient (Wildman–Crippen LogP) is 5.29. The Kier molecular flexibility index (Phi) is 8.45. The highest BCUT2D eigenvalue weighted by atomic mass is 19.1. The van der Waals surface area contributed by atoms with E-state index in [4.69, 9.17) is 0 Å². The Labute approximate surface area is 111 Å². The second kappa shape index (κ2) is 10.0. The summed E-state index contributed by atoms with van der Waals surface area (Å²) in [7, 11) is 0. The summed E-state index contributed by atoms with van der Waals surface area (Å²) in [5, 5.41) is 0. The highest BCUT2D eigenvalue weighted by Gasteiger charge is 1.97. The fourth-order valence-corrected chi connectivity index (χ4v) is 2.23. The van der Waals surface area contributed by atoms with Crippen molar-refractivity contribution in [2.45, 2.75) is 71.1 Å². The van der Waals surface area contributed by atoms with Gasteiger partial charge in [-0.05, 0) is 24.5 Å². The highest BCUT2D eigenvalue weighted by molar-refractivity contribution is 5.09. The SMILES string of the molecule is CCCCCCCCCCCc1cncc(F)c1. The first-order valence-electron chi connectivity index (χ1n) is 7.42. The van der Waals surface area contributed by atoms with Crippen molar-refractivity contribution in [3.63, 3.8) is 0 Å². The van der Waals surface area contributed by atoms with Crippen LogP contribution in [0.3, 0.4) is 0 Å². The molecule has 1 heterocycles. The summed E-state index contributed by atoms with van der Waals surface area (Å²) in [5.74, 6) is -0.219. The van der Waals surface area contributed by atoms with Gasteiger partial charge in [-0.15, -0.1) is 0 Å². The Balaban J connectivity index is 1.92. The molecular weight excluding hydrogens is 225 g/mol. The number of halogens is 1. The van der Waals surface area contributed by atoms with E-state index in [1.807, 2.05) is 0 Å². The Morgan fingerprint density at radius 2 is 1.50 bits per heavy atom. The predicted molar refractivity (Wildman–Crippen MR) is 75.1 cm³/mol. The molecule has 0 aliphatic carbocycles. The van der Waals surface area contributed by atoms with E-state index in [9.17, 15) is 4.39 Å². The van der Waals surface area contributed by atoms with E-state index in [0.717, 1.165) is 18.4 Å². The van der Waals surface area contributed by atoms with Crippen molar-refractivity contribution in [1.29, 1.82) is 0 Å². The topological polar surface area (TPSA) is 12.9 Å². The van der Waals surface area contributed by atoms with Crippen molar-refractivity contribution < 1.29 is 4.39 Å². The fraction of sp³-hybridized carbons (Fsp3) is 0.688. The number of unbranched alkanes of at least 4 members (excludes halogenated alkanes) is 8. The van der Waals surface area contributed by atoms with E-state index >= 15 is 0 Å². The van der Waals surface area contributed by atoms with Gasteiger partial charge in [0.05, 0.1) is 6.20 Å². The van der Waals surface area contributed by atoms with E-state index in [0.29, 0.717) is 0 Å². The van der Waals surface area contributed by atoms with Gasteiger partial charge in [-0.2, -0.15) is 0 Å². The van der Waals surface area contributed by atoms with Gasteiger partial charge in [0.2, 0.25) is 0 Å². The maximum absolute atomic E-state index is 12.9. The summed E-state index contributed by atoms with van der Waals surface area (Å²) < 4.78 is 12.9. The molecule has 1 aromatic heterocycles. The molecule has 0 aromatic carbocycles. The van der Waals surface area contributed by atoms with Crippen molar-refractivity contribution in [2.75, 3.05) is 0 Å². The minimum atomic E-state index is -0.219. The Hall–Kier alpha value is -0.920. The fourth-order valence-electron chi connectivity index (χ4n) is 2.23. The lowest BCUT2D eigenvalue weighted by Crippen LogP contribution is -1.89. The molecule has 0 fully saturated rings. The van der Waals surface area contributed by atoms with Crippen LogP contribution in [-0.4, -0.2) is 4.98 Å². The Morgan fingerprint density at radius 1 is 0.889 bits per heavy atom. The van der Waals surface area contributed by atoms with Crippen LogP contribution in [0.5, 0.6) is 0 Å². The Bertz CT molecular complexity index is 312. The van der Waals surface area contributed by atoms with Crippen LogP contribution in [0, 0.1) is 5.82 Å². The lowest BCUT2D eigenvalue weighted by Gasteiger charge is -2.02. The lowest BCUT2D eigenvalue weighted by molar-refractivity contribution is 0.563. The third kappa shape index (κ3) is 7.41. The Morgan fingerprint density at radius 3 is 2.11 bits per heavy atom. The minimum Gasteiger partial charge on any atom is -0.261 e. The summed E-state index contributed by atoms with van der Waals surface area (Å²) >= 11 is 0. The van der Waals surface area contributed by atoms with Crippen LogP contribution in [-0.2, 0) is 6.42 Å². The van der Waals surface area contributed by atoms with E-state index in [1.165, 1.54) is 57.6 Å². The van der Waals surface area contributed by atoms with Gasteiger partial charge in [0, 0.05) is 6.20 Å². The minimum absolute atomic E-state index is 0.219. The molecule has 18 heavy (non-hydrogen) atoms. The molecule has 1 rings (SSSR count). The number of pyridine rings is 1. The monoisotopic (exact) mass is 251 g/mol. The van der Waals surface area contributed by atoms with Crippen LogP contribution in [0.4, 0.5) is 4.39 Å². The van der Waals surface area contributed by atoms with Crippen LogP contribution >= 0.6 is 0 Å². The zero-order chi connectivity index (χ0) is 13.1. The van der Waals surface area contributed by atoms with Gasteiger partial charge in [-0.3, -0.25) is 4.98 Å². The molecule has 102 valence electrons. The first-order chi connectivity index (χ1) is 8.83. The molecule has 0 radical (unpaired) electrons. The van der Waals surface area contributed by atoms with E-state index in [-0.39, 0.29) is 5.82 Å². The molecule has 1 nitrogen and oxygen atoms in total. The van der Waals surface area contributed by atoms with Gasteiger partial charge in [-0.1, -0.05) is 58.3 Å². The number of nitrogens with zero attached hydrogens (tertiary/aromatic N) is 1. The third-order valence-corrected chi connectivity index (χ3v) is 3.33. The van der Waals surface area contributed by atoms with Gasteiger partial charge in [0.25, 0.3) is 0 Å². The van der Waals surface area contributed by atoms with Crippen molar-refractivity contribution in [1.82, 2.24) is 4.98 Å². The largest absolute Gasteiger partial charge is 0.261 e. The number of aromatic nitrogens is 1. The van der Waals surface area contributed by atoms with E-state index in [1.54, 1.807) is 12.3 Å². The highest BCUT2D eigenvalue weighted by Crippen LogP contribution is 2.11. The average Bonchev–Trinajstić information content (AvgIpc) is 2.37. The quantitative estimate of drug-likeness (QED) is 0.515. The molecular formula is C16H26FN. The maximum atomic E-state index is 12.9. The molecule has 0 atom stereocenters. The molecule has 2 heteroatoms. The maximum Gasteiger partial charge on any atom is 0.141 e. The molecule has 0 saturated carbocycles.